The number of amides is 1. The van der Waals surface area contributed by atoms with Crippen molar-refractivity contribution in [2.45, 2.75) is 13.0 Å². The van der Waals surface area contributed by atoms with Crippen LogP contribution in [0.15, 0.2) is 54.6 Å². The lowest BCUT2D eigenvalue weighted by molar-refractivity contribution is -0.121. The quantitative estimate of drug-likeness (QED) is 0.826. The molecule has 0 bridgehead atoms. The van der Waals surface area contributed by atoms with Gasteiger partial charge in [-0.2, -0.15) is 0 Å². The minimum absolute atomic E-state index is 0.0268. The van der Waals surface area contributed by atoms with Gasteiger partial charge in [0.15, 0.2) is 0 Å². The van der Waals surface area contributed by atoms with Gasteiger partial charge in [0.2, 0.25) is 5.91 Å². The normalized spacial score (nSPS) is 12.2. The van der Waals surface area contributed by atoms with E-state index in [1.165, 1.54) is 24.3 Å². The number of halogens is 1. The van der Waals surface area contributed by atoms with Crippen molar-refractivity contribution in [2.24, 2.45) is 0 Å². The molecular weight excluding hydrogens is 295 g/mol. The summed E-state index contributed by atoms with van der Waals surface area (Å²) in [4.78, 5) is 14.6. The van der Waals surface area contributed by atoms with E-state index >= 15 is 0 Å². The lowest BCUT2D eigenvalue weighted by Crippen LogP contribution is -2.38. The van der Waals surface area contributed by atoms with E-state index in [1.807, 2.05) is 42.2 Å². The largest absolute Gasteiger partial charge is 0.395 e. The van der Waals surface area contributed by atoms with Crippen LogP contribution in [0.25, 0.3) is 0 Å². The monoisotopic (exact) mass is 316 g/mol. The van der Waals surface area contributed by atoms with E-state index in [-0.39, 0.29) is 18.3 Å². The van der Waals surface area contributed by atoms with Crippen molar-refractivity contribution in [1.82, 2.24) is 4.90 Å². The van der Waals surface area contributed by atoms with Crippen LogP contribution in [0.5, 0.6) is 0 Å². The minimum atomic E-state index is -0.515. The van der Waals surface area contributed by atoms with Crippen LogP contribution in [0.3, 0.4) is 0 Å². The predicted octanol–water partition coefficient (Wildman–Crippen LogP) is 2.82. The fourth-order valence-corrected chi connectivity index (χ4v) is 2.51. The van der Waals surface area contributed by atoms with Crippen molar-refractivity contribution >= 4 is 11.6 Å². The summed E-state index contributed by atoms with van der Waals surface area (Å²) in [5.41, 5.74) is 1.39. The van der Waals surface area contributed by atoms with Gasteiger partial charge in [-0.15, -0.1) is 0 Å². The lowest BCUT2D eigenvalue weighted by atomic mass is 10.0. The molecule has 0 saturated carbocycles. The van der Waals surface area contributed by atoms with E-state index in [0.29, 0.717) is 18.8 Å². The molecule has 0 spiro atoms. The molecule has 2 aromatic carbocycles. The second-order valence-electron chi connectivity index (χ2n) is 5.16. The first-order valence-corrected chi connectivity index (χ1v) is 7.62. The van der Waals surface area contributed by atoms with E-state index in [9.17, 15) is 14.3 Å². The van der Waals surface area contributed by atoms with Crippen LogP contribution >= 0.6 is 0 Å². The molecule has 23 heavy (non-hydrogen) atoms. The first-order chi connectivity index (χ1) is 11.2. The Bertz CT molecular complexity index is 617. The molecule has 2 aromatic rings. The van der Waals surface area contributed by atoms with E-state index in [4.69, 9.17) is 0 Å². The Balaban J connectivity index is 2.25. The number of nitrogens with one attached hydrogen (secondary N) is 1. The number of nitrogens with zero attached hydrogens (tertiary/aromatic N) is 1. The first-order valence-electron chi connectivity index (χ1n) is 7.62. The number of aliphatic hydroxyl groups is 1. The van der Waals surface area contributed by atoms with Crippen molar-refractivity contribution in [3.63, 3.8) is 0 Å². The Hall–Kier alpha value is -2.24. The van der Waals surface area contributed by atoms with Gasteiger partial charge in [-0.1, -0.05) is 37.3 Å². The van der Waals surface area contributed by atoms with Gasteiger partial charge in [-0.05, 0) is 36.4 Å². The third kappa shape index (κ3) is 4.61. The van der Waals surface area contributed by atoms with Crippen molar-refractivity contribution in [2.75, 3.05) is 25.0 Å². The molecule has 0 aliphatic rings. The molecule has 0 heterocycles. The highest BCUT2D eigenvalue weighted by molar-refractivity contribution is 5.95. The van der Waals surface area contributed by atoms with Crippen LogP contribution in [0, 0.1) is 5.82 Å². The number of carbonyl (C=O) groups excluding carboxylic acids is 1. The molecule has 2 N–H and O–H groups in total. The first kappa shape index (κ1) is 17.1. The molecule has 4 nitrogen and oxygen atoms in total. The number of hydrogen-bond acceptors (Lipinski definition) is 3. The van der Waals surface area contributed by atoms with Gasteiger partial charge >= 0.3 is 0 Å². The van der Waals surface area contributed by atoms with Gasteiger partial charge < -0.3 is 10.4 Å². The number of hydrogen-bond donors (Lipinski definition) is 2. The van der Waals surface area contributed by atoms with E-state index < -0.39 is 6.04 Å². The van der Waals surface area contributed by atoms with Crippen LogP contribution in [-0.2, 0) is 4.79 Å². The summed E-state index contributed by atoms with van der Waals surface area (Å²) in [7, 11) is 0. The summed E-state index contributed by atoms with van der Waals surface area (Å²) in [6.07, 6.45) is 0. The number of rotatable bonds is 7. The zero-order valence-corrected chi connectivity index (χ0v) is 13.1. The van der Waals surface area contributed by atoms with Crippen LogP contribution in [0.1, 0.15) is 18.5 Å². The summed E-state index contributed by atoms with van der Waals surface area (Å²) in [5.74, 6) is -0.559. The molecule has 1 amide bonds. The highest BCUT2D eigenvalue weighted by Gasteiger charge is 2.26. The Morgan fingerprint density at radius 1 is 1.17 bits per heavy atom. The summed E-state index contributed by atoms with van der Waals surface area (Å²) >= 11 is 0. The van der Waals surface area contributed by atoms with Crippen molar-refractivity contribution < 1.29 is 14.3 Å². The fraction of sp³-hybridized carbons (Fsp3) is 0.278. The topological polar surface area (TPSA) is 52.6 Å². The van der Waals surface area contributed by atoms with Crippen LogP contribution in [0.4, 0.5) is 10.1 Å². The average molecular weight is 316 g/mol. The third-order valence-corrected chi connectivity index (χ3v) is 3.63. The Morgan fingerprint density at radius 3 is 2.39 bits per heavy atom. The van der Waals surface area contributed by atoms with Gasteiger partial charge in [0.05, 0.1) is 6.61 Å². The second kappa shape index (κ2) is 8.41. The standard InChI is InChI=1S/C18H21FN2O2/c1-2-21(12-13-22)17(14-6-4-3-5-7-14)18(23)20-16-10-8-15(19)9-11-16/h3-11,17,22H,2,12-13H2,1H3,(H,20,23). The third-order valence-electron chi connectivity index (χ3n) is 3.63. The van der Waals surface area contributed by atoms with Crippen LogP contribution < -0.4 is 5.32 Å². The zero-order chi connectivity index (χ0) is 16.7. The predicted molar refractivity (Wildman–Crippen MR) is 88.5 cm³/mol. The number of likely N-dealkylation sites (N-methyl/N-ethyl adjacent to an activating group) is 1. The summed E-state index contributed by atoms with van der Waals surface area (Å²) < 4.78 is 13.0. The molecule has 0 fully saturated rings. The van der Waals surface area contributed by atoms with E-state index in [2.05, 4.69) is 5.32 Å². The second-order valence-corrected chi connectivity index (χ2v) is 5.16. The molecule has 122 valence electrons. The van der Waals surface area contributed by atoms with Gasteiger partial charge in [0.25, 0.3) is 0 Å². The highest BCUT2D eigenvalue weighted by atomic mass is 19.1. The van der Waals surface area contributed by atoms with Gasteiger partial charge in [-0.25, -0.2) is 4.39 Å². The molecule has 0 aliphatic carbocycles. The van der Waals surface area contributed by atoms with Crippen molar-refractivity contribution in [3.8, 4) is 0 Å². The Labute approximate surface area is 135 Å². The summed E-state index contributed by atoms with van der Waals surface area (Å²) in [6, 6.07) is 14.6. The smallest absolute Gasteiger partial charge is 0.246 e. The zero-order valence-electron chi connectivity index (χ0n) is 13.1. The molecule has 2 rings (SSSR count). The van der Waals surface area contributed by atoms with E-state index in [0.717, 1.165) is 5.56 Å². The average Bonchev–Trinajstić information content (AvgIpc) is 2.57. The molecule has 1 atom stereocenters. The molecule has 0 aromatic heterocycles. The number of carbonyl (C=O) groups is 1. The number of aliphatic hydroxyl groups excluding tert-OH is 1. The fourth-order valence-electron chi connectivity index (χ4n) is 2.51. The minimum Gasteiger partial charge on any atom is -0.395 e. The van der Waals surface area contributed by atoms with Gasteiger partial charge in [-0.3, -0.25) is 9.69 Å². The number of anilines is 1. The molecule has 0 aliphatic heterocycles. The molecule has 0 saturated heterocycles. The summed E-state index contributed by atoms with van der Waals surface area (Å²) in [5, 5.41) is 12.1. The van der Waals surface area contributed by atoms with Crippen LogP contribution in [-0.4, -0.2) is 35.6 Å². The van der Waals surface area contributed by atoms with Crippen molar-refractivity contribution in [1.29, 1.82) is 0 Å². The Morgan fingerprint density at radius 2 is 1.83 bits per heavy atom. The van der Waals surface area contributed by atoms with Crippen molar-refractivity contribution in [3.05, 3.63) is 66.0 Å². The maximum atomic E-state index is 13.0. The maximum Gasteiger partial charge on any atom is 0.246 e. The maximum absolute atomic E-state index is 13.0. The van der Waals surface area contributed by atoms with Gasteiger partial charge in [0.1, 0.15) is 11.9 Å². The SMILES string of the molecule is CCN(CCO)C(C(=O)Nc1ccc(F)cc1)c1ccccc1. The van der Waals surface area contributed by atoms with Crippen LogP contribution in [0.2, 0.25) is 0 Å². The molecular formula is C18H21FN2O2. The number of benzene rings is 2. The molecule has 1 unspecified atom stereocenters. The molecule has 0 radical (unpaired) electrons. The van der Waals surface area contributed by atoms with Gasteiger partial charge in [0, 0.05) is 12.2 Å². The lowest BCUT2D eigenvalue weighted by Gasteiger charge is -2.29. The summed E-state index contributed by atoms with van der Waals surface area (Å²) in [6.45, 7) is 2.93. The highest BCUT2D eigenvalue weighted by Crippen LogP contribution is 2.22. The van der Waals surface area contributed by atoms with E-state index in [1.54, 1.807) is 0 Å². The Kier molecular flexibility index (Phi) is 6.26. The molecule has 5 heteroatoms.